The van der Waals surface area contributed by atoms with Crippen molar-refractivity contribution in [3.8, 4) is 5.75 Å². The van der Waals surface area contributed by atoms with E-state index in [1.165, 1.54) is 14.2 Å². The minimum Gasteiger partial charge on any atom is -0.496 e. The first kappa shape index (κ1) is 37.7. The number of aromatic amines is 1. The lowest BCUT2D eigenvalue weighted by atomic mass is 9.46. The number of ether oxygens (including phenoxy) is 3. The summed E-state index contributed by atoms with van der Waals surface area (Å²) in [5, 5.41) is 26.0. The standard InChI is InChI=1S/C45H58N4O7/c1-7-41-16-11-18-49-19-12-17-43(37(41)49)31-21-32(35(54-4)22-34(31)47(3)38(43)45(53,26-41)40(51)56-6)44(39(50)55-5)24-28-23-42(52,8-2)27-48(25-28)20-15-30-29-13-9-10-14-33(29)46-36(30)44/h9-11,13-14,16,21-22,28,37-38,46,52-53H,7-8,12,15,17-20,23-27H2,1-6H3/t28-,37-,38-,41+,42+,43-,44+,45-/m1/s1. The average Bonchev–Trinajstić information content (AvgIpc) is 3.71. The second kappa shape index (κ2) is 13.1. The van der Waals surface area contributed by atoms with Gasteiger partial charge in [0.25, 0.3) is 0 Å². The van der Waals surface area contributed by atoms with Gasteiger partial charge in [0.15, 0.2) is 5.60 Å². The van der Waals surface area contributed by atoms with E-state index in [1.807, 2.05) is 32.2 Å². The maximum atomic E-state index is 15.3. The zero-order valence-electron chi connectivity index (χ0n) is 33.8. The van der Waals surface area contributed by atoms with Crippen molar-refractivity contribution in [3.05, 3.63) is 70.9 Å². The Bertz CT molecular complexity index is 2120. The number of fused-ring (bicyclic) bond motifs is 6. The molecule has 1 spiro atoms. The fourth-order valence-electron chi connectivity index (χ4n) is 13.4. The van der Waals surface area contributed by atoms with Crippen molar-refractivity contribution in [2.24, 2.45) is 11.3 Å². The number of aromatic nitrogens is 1. The highest BCUT2D eigenvalue weighted by molar-refractivity contribution is 5.94. The van der Waals surface area contributed by atoms with Gasteiger partial charge in [0.05, 0.1) is 33.0 Å². The summed E-state index contributed by atoms with van der Waals surface area (Å²) < 4.78 is 17.8. The van der Waals surface area contributed by atoms with E-state index in [0.717, 1.165) is 78.9 Å². The number of rotatable bonds is 6. The first-order valence-electron chi connectivity index (χ1n) is 20.7. The third-order valence-electron chi connectivity index (χ3n) is 15.4. The molecule has 300 valence electrons. The van der Waals surface area contributed by atoms with Crippen molar-refractivity contribution in [1.29, 1.82) is 0 Å². The van der Waals surface area contributed by atoms with Crippen LogP contribution in [0.1, 0.15) is 81.2 Å². The number of piperidine rings is 2. The maximum Gasteiger partial charge on any atom is 0.340 e. The number of H-pyrrole nitrogens is 1. The van der Waals surface area contributed by atoms with Gasteiger partial charge in [-0.1, -0.05) is 44.2 Å². The Labute approximate surface area is 329 Å². The number of aliphatic hydroxyl groups is 2. The molecule has 56 heavy (non-hydrogen) atoms. The van der Waals surface area contributed by atoms with Crippen LogP contribution in [-0.4, -0.2) is 121 Å². The summed E-state index contributed by atoms with van der Waals surface area (Å²) in [6.07, 6.45) is 9.35. The van der Waals surface area contributed by atoms with E-state index in [-0.39, 0.29) is 24.3 Å². The number of likely N-dealkylation sites (N-methyl/N-ethyl adjacent to an activating group) is 1. The number of hydrogen-bond donors (Lipinski definition) is 3. The Morgan fingerprint density at radius 1 is 0.964 bits per heavy atom. The van der Waals surface area contributed by atoms with Gasteiger partial charge in [-0.15, -0.1) is 0 Å². The molecule has 3 aromatic rings. The topological polar surface area (TPSA) is 128 Å². The first-order valence-corrected chi connectivity index (χ1v) is 20.7. The van der Waals surface area contributed by atoms with Crippen molar-refractivity contribution in [3.63, 3.8) is 0 Å². The fraction of sp³-hybridized carbons (Fsp3) is 0.600. The molecule has 1 aromatic heterocycles. The van der Waals surface area contributed by atoms with E-state index < -0.39 is 39.5 Å². The largest absolute Gasteiger partial charge is 0.496 e. The van der Waals surface area contributed by atoms with Crippen LogP contribution in [0.2, 0.25) is 0 Å². The van der Waals surface area contributed by atoms with Crippen LogP contribution >= 0.6 is 0 Å². The molecule has 6 heterocycles. The molecule has 11 nitrogen and oxygen atoms in total. The normalized spacial score (nSPS) is 37.3. The molecule has 2 saturated heterocycles. The number of carbonyl (C=O) groups excluding carboxylic acids is 2. The summed E-state index contributed by atoms with van der Waals surface area (Å²) in [5.41, 5.74) is 0.186. The summed E-state index contributed by atoms with van der Waals surface area (Å²) in [6.45, 7) is 8.02. The molecule has 6 aliphatic rings. The van der Waals surface area contributed by atoms with E-state index in [9.17, 15) is 15.0 Å². The second-order valence-corrected chi connectivity index (χ2v) is 18.0. The fourth-order valence-corrected chi connectivity index (χ4v) is 13.4. The summed E-state index contributed by atoms with van der Waals surface area (Å²) >= 11 is 0. The number of nitrogens with one attached hydrogen (secondary N) is 1. The van der Waals surface area contributed by atoms with E-state index in [1.54, 1.807) is 7.11 Å². The number of benzene rings is 2. The smallest absolute Gasteiger partial charge is 0.340 e. The molecule has 9 rings (SSSR count). The van der Waals surface area contributed by atoms with E-state index in [0.29, 0.717) is 43.5 Å². The van der Waals surface area contributed by atoms with Gasteiger partial charge in [-0.25, -0.2) is 4.79 Å². The molecule has 0 amide bonds. The van der Waals surface area contributed by atoms with Gasteiger partial charge in [-0.2, -0.15) is 0 Å². The minimum absolute atomic E-state index is 0.0108. The zero-order chi connectivity index (χ0) is 39.4. The number of esters is 2. The van der Waals surface area contributed by atoms with Crippen LogP contribution in [0, 0.1) is 11.3 Å². The van der Waals surface area contributed by atoms with Gasteiger partial charge < -0.3 is 34.3 Å². The van der Waals surface area contributed by atoms with Crippen molar-refractivity contribution < 1.29 is 34.0 Å². The van der Waals surface area contributed by atoms with Crippen LogP contribution in [0.25, 0.3) is 10.9 Å². The van der Waals surface area contributed by atoms with Crippen molar-refractivity contribution in [1.82, 2.24) is 14.8 Å². The number of hydrogen-bond acceptors (Lipinski definition) is 10. The highest BCUT2D eigenvalue weighted by Gasteiger charge is 2.74. The molecule has 1 unspecified atom stereocenters. The highest BCUT2D eigenvalue weighted by atomic mass is 16.5. The average molecular weight is 767 g/mol. The molecule has 9 atom stereocenters. The molecule has 5 aliphatic heterocycles. The molecular weight excluding hydrogens is 709 g/mol. The zero-order valence-corrected chi connectivity index (χ0v) is 33.8. The highest BCUT2D eigenvalue weighted by Crippen LogP contribution is 2.67. The van der Waals surface area contributed by atoms with Crippen LogP contribution in [0.3, 0.4) is 0 Å². The van der Waals surface area contributed by atoms with Gasteiger partial charge >= 0.3 is 11.9 Å². The van der Waals surface area contributed by atoms with E-state index in [4.69, 9.17) is 14.2 Å². The lowest BCUT2D eigenvalue weighted by molar-refractivity contribution is -0.189. The summed E-state index contributed by atoms with van der Waals surface area (Å²) in [5.74, 6) is -0.507. The quantitative estimate of drug-likeness (QED) is 0.237. The van der Waals surface area contributed by atoms with Crippen LogP contribution in [0.15, 0.2) is 48.6 Å². The monoisotopic (exact) mass is 766 g/mol. The molecule has 3 fully saturated rings. The second-order valence-electron chi connectivity index (χ2n) is 18.0. The van der Waals surface area contributed by atoms with Crippen LogP contribution in [-0.2, 0) is 36.3 Å². The van der Waals surface area contributed by atoms with Crippen molar-refractivity contribution in [2.45, 2.75) is 99.3 Å². The Morgan fingerprint density at radius 3 is 2.48 bits per heavy atom. The number of methoxy groups -OCH3 is 3. The van der Waals surface area contributed by atoms with Gasteiger partial charge in [0.1, 0.15) is 11.2 Å². The molecule has 2 aromatic carbocycles. The van der Waals surface area contributed by atoms with Crippen LogP contribution in [0.4, 0.5) is 5.69 Å². The van der Waals surface area contributed by atoms with Gasteiger partial charge in [0, 0.05) is 84.0 Å². The van der Waals surface area contributed by atoms with Crippen molar-refractivity contribution in [2.75, 3.05) is 66.0 Å². The third kappa shape index (κ3) is 4.89. The Balaban J connectivity index is 1.36. The molecule has 3 N–H and O–H groups in total. The number of nitrogens with zero attached hydrogens (tertiary/aromatic N) is 3. The molecule has 1 aliphatic carbocycles. The van der Waals surface area contributed by atoms with Gasteiger partial charge in [-0.05, 0) is 87.1 Å². The Hall–Kier alpha value is -3.90. The molecule has 0 radical (unpaired) electrons. The number of carbonyl (C=O) groups is 2. The third-order valence-corrected chi connectivity index (χ3v) is 15.4. The van der Waals surface area contributed by atoms with Crippen LogP contribution < -0.4 is 9.64 Å². The van der Waals surface area contributed by atoms with Gasteiger partial charge in [0.2, 0.25) is 0 Å². The molecule has 1 saturated carbocycles. The van der Waals surface area contributed by atoms with Crippen molar-refractivity contribution >= 4 is 28.5 Å². The molecule has 11 heteroatoms. The summed E-state index contributed by atoms with van der Waals surface area (Å²) in [6, 6.07) is 11.9. The Kier molecular flexibility index (Phi) is 8.78. The Morgan fingerprint density at radius 2 is 1.75 bits per heavy atom. The maximum absolute atomic E-state index is 15.3. The molecular formula is C45H58N4O7. The SMILES string of the molecule is CC[C@]1(O)C[C@H]2CN(CCc3c([nH]c4ccccc34)[C@@](C(=O)OC)(c3cc4c(cc3OC)N(C)[C@@H]3[C@]45CCCN4CC=C[C@@](CC)(C[C@]3(O)C(=O)OC)[C@@H]45)C2)C1. The number of anilines is 1. The summed E-state index contributed by atoms with van der Waals surface area (Å²) in [7, 11) is 6.47. The first-order chi connectivity index (χ1) is 26.9. The van der Waals surface area contributed by atoms with Crippen LogP contribution in [0.5, 0.6) is 5.75 Å². The van der Waals surface area contributed by atoms with Gasteiger partial charge in [-0.3, -0.25) is 14.6 Å². The lowest BCUT2D eigenvalue weighted by Crippen LogP contribution is -2.78. The predicted octanol–water partition coefficient (Wildman–Crippen LogP) is 4.84. The number of para-hydroxylation sites is 1. The van der Waals surface area contributed by atoms with E-state index >= 15 is 4.79 Å². The molecule has 2 bridgehead atoms. The predicted molar refractivity (Wildman–Crippen MR) is 214 cm³/mol. The lowest BCUT2D eigenvalue weighted by Gasteiger charge is -2.66. The minimum atomic E-state index is -1.81. The summed E-state index contributed by atoms with van der Waals surface area (Å²) in [4.78, 5) is 40.2. The van der Waals surface area contributed by atoms with E-state index in [2.05, 4.69) is 57.0 Å².